The van der Waals surface area contributed by atoms with Crippen molar-refractivity contribution in [3.63, 3.8) is 0 Å². The van der Waals surface area contributed by atoms with E-state index in [1.807, 2.05) is 17.5 Å². The molecule has 5 heteroatoms. The van der Waals surface area contributed by atoms with Gasteiger partial charge >= 0.3 is 0 Å². The largest absolute Gasteiger partial charge is 0.444 e. The highest BCUT2D eigenvalue weighted by atomic mass is 32.1. The minimum Gasteiger partial charge on any atom is -0.444 e. The average molecular weight is 280 g/mol. The van der Waals surface area contributed by atoms with Gasteiger partial charge in [0.15, 0.2) is 0 Å². The van der Waals surface area contributed by atoms with Crippen molar-refractivity contribution in [3.05, 3.63) is 29.5 Å². The molecule has 0 saturated carbocycles. The van der Waals surface area contributed by atoms with Crippen LogP contribution in [0.5, 0.6) is 0 Å². The molecule has 19 heavy (non-hydrogen) atoms. The van der Waals surface area contributed by atoms with Crippen molar-refractivity contribution in [2.45, 2.75) is 32.9 Å². The molecule has 0 atom stereocenters. The first kappa shape index (κ1) is 14.2. The standard InChI is InChI=1S/C14H20N2O2S/c1-11(2)16(6-4-7-17)9-12-10-18-14(15-12)13-5-3-8-19-13/h3,5,8,10-11,17H,4,6-7,9H2,1-2H3. The Morgan fingerprint density at radius 2 is 2.32 bits per heavy atom. The van der Waals surface area contributed by atoms with E-state index in [9.17, 15) is 0 Å². The fourth-order valence-electron chi connectivity index (χ4n) is 1.89. The molecule has 0 spiro atoms. The number of nitrogens with zero attached hydrogens (tertiary/aromatic N) is 2. The summed E-state index contributed by atoms with van der Waals surface area (Å²) in [7, 11) is 0. The van der Waals surface area contributed by atoms with Crippen LogP contribution < -0.4 is 0 Å². The Morgan fingerprint density at radius 3 is 2.95 bits per heavy atom. The zero-order valence-electron chi connectivity index (χ0n) is 11.4. The lowest BCUT2D eigenvalue weighted by molar-refractivity contribution is 0.183. The van der Waals surface area contributed by atoms with Crippen LogP contribution in [0.4, 0.5) is 0 Å². The van der Waals surface area contributed by atoms with Crippen molar-refractivity contribution in [3.8, 4) is 10.8 Å². The zero-order chi connectivity index (χ0) is 13.7. The third-order valence-corrected chi connectivity index (χ3v) is 3.84. The third kappa shape index (κ3) is 3.89. The highest BCUT2D eigenvalue weighted by Crippen LogP contribution is 2.24. The number of aliphatic hydroxyl groups is 1. The second kappa shape index (κ2) is 6.84. The SMILES string of the molecule is CC(C)N(CCCO)Cc1coc(-c2cccs2)n1. The number of rotatable bonds is 7. The van der Waals surface area contributed by atoms with Gasteiger partial charge in [0.25, 0.3) is 0 Å². The van der Waals surface area contributed by atoms with Gasteiger partial charge in [0, 0.05) is 25.7 Å². The van der Waals surface area contributed by atoms with E-state index in [1.165, 1.54) is 0 Å². The Bertz CT molecular complexity index is 479. The summed E-state index contributed by atoms with van der Waals surface area (Å²) < 4.78 is 5.52. The third-order valence-electron chi connectivity index (χ3n) is 2.98. The van der Waals surface area contributed by atoms with Gasteiger partial charge in [-0.25, -0.2) is 4.98 Å². The van der Waals surface area contributed by atoms with Crippen LogP contribution in [0.15, 0.2) is 28.2 Å². The summed E-state index contributed by atoms with van der Waals surface area (Å²) in [6.07, 6.45) is 2.51. The summed E-state index contributed by atoms with van der Waals surface area (Å²) in [5.74, 6) is 0.691. The molecule has 0 unspecified atom stereocenters. The summed E-state index contributed by atoms with van der Waals surface area (Å²) in [4.78, 5) is 7.86. The van der Waals surface area contributed by atoms with Crippen molar-refractivity contribution in [2.24, 2.45) is 0 Å². The summed E-state index contributed by atoms with van der Waals surface area (Å²) in [5.41, 5.74) is 0.940. The van der Waals surface area contributed by atoms with Crippen molar-refractivity contribution in [1.82, 2.24) is 9.88 Å². The number of aromatic nitrogens is 1. The van der Waals surface area contributed by atoms with Gasteiger partial charge in [0.05, 0.1) is 10.6 Å². The van der Waals surface area contributed by atoms with Gasteiger partial charge in [0.2, 0.25) is 5.89 Å². The Hall–Kier alpha value is -1.17. The van der Waals surface area contributed by atoms with Crippen LogP contribution in [0.3, 0.4) is 0 Å². The summed E-state index contributed by atoms with van der Waals surface area (Å²) in [6, 6.07) is 4.42. The maximum atomic E-state index is 8.93. The van der Waals surface area contributed by atoms with Gasteiger partial charge in [-0.15, -0.1) is 11.3 Å². The van der Waals surface area contributed by atoms with Gasteiger partial charge in [0.1, 0.15) is 6.26 Å². The molecule has 1 N–H and O–H groups in total. The van der Waals surface area contributed by atoms with Crippen LogP contribution in [0.1, 0.15) is 26.0 Å². The lowest BCUT2D eigenvalue weighted by atomic mass is 10.2. The van der Waals surface area contributed by atoms with Crippen LogP contribution in [0.2, 0.25) is 0 Å². The van der Waals surface area contributed by atoms with Crippen LogP contribution in [0, 0.1) is 0 Å². The quantitative estimate of drug-likeness (QED) is 0.847. The highest BCUT2D eigenvalue weighted by molar-refractivity contribution is 7.13. The monoisotopic (exact) mass is 280 g/mol. The lowest BCUT2D eigenvalue weighted by Crippen LogP contribution is -2.31. The van der Waals surface area contributed by atoms with Crippen LogP contribution in [-0.4, -0.2) is 34.2 Å². The molecule has 2 rings (SSSR count). The van der Waals surface area contributed by atoms with Crippen LogP contribution >= 0.6 is 11.3 Å². The highest BCUT2D eigenvalue weighted by Gasteiger charge is 2.13. The van der Waals surface area contributed by atoms with E-state index in [0.29, 0.717) is 11.9 Å². The fourth-order valence-corrected chi connectivity index (χ4v) is 2.55. The first-order chi connectivity index (χ1) is 9.20. The van der Waals surface area contributed by atoms with Crippen molar-refractivity contribution < 1.29 is 9.52 Å². The molecular weight excluding hydrogens is 260 g/mol. The Kier molecular flexibility index (Phi) is 5.13. The molecule has 4 nitrogen and oxygen atoms in total. The number of hydrogen-bond donors (Lipinski definition) is 1. The molecule has 2 aromatic rings. The summed E-state index contributed by atoms with van der Waals surface area (Å²) in [6.45, 7) is 6.15. The number of aliphatic hydroxyl groups excluding tert-OH is 1. The smallest absolute Gasteiger partial charge is 0.236 e. The van der Waals surface area contributed by atoms with E-state index in [2.05, 4.69) is 23.7 Å². The first-order valence-electron chi connectivity index (χ1n) is 6.54. The van der Waals surface area contributed by atoms with Gasteiger partial charge < -0.3 is 9.52 Å². The minimum absolute atomic E-state index is 0.225. The molecule has 0 amide bonds. The molecule has 2 aromatic heterocycles. The van der Waals surface area contributed by atoms with Gasteiger partial charge in [-0.2, -0.15) is 0 Å². The Morgan fingerprint density at radius 1 is 1.47 bits per heavy atom. The van der Waals surface area contributed by atoms with E-state index >= 15 is 0 Å². The molecule has 0 fully saturated rings. The topological polar surface area (TPSA) is 49.5 Å². The molecule has 0 radical (unpaired) electrons. The van der Waals surface area contributed by atoms with Gasteiger partial charge in [-0.3, -0.25) is 4.90 Å². The van der Waals surface area contributed by atoms with Gasteiger partial charge in [-0.1, -0.05) is 6.07 Å². The molecular formula is C14H20N2O2S. The van der Waals surface area contributed by atoms with Crippen LogP contribution in [-0.2, 0) is 6.54 Å². The van der Waals surface area contributed by atoms with Crippen molar-refractivity contribution in [1.29, 1.82) is 0 Å². The number of oxazole rings is 1. The predicted molar refractivity (Wildman–Crippen MR) is 77.1 cm³/mol. The Balaban J connectivity index is 2.01. The van der Waals surface area contributed by atoms with E-state index in [1.54, 1.807) is 17.6 Å². The fraction of sp³-hybridized carbons (Fsp3) is 0.500. The maximum Gasteiger partial charge on any atom is 0.236 e. The van der Waals surface area contributed by atoms with Crippen molar-refractivity contribution in [2.75, 3.05) is 13.2 Å². The average Bonchev–Trinajstić information content (AvgIpc) is 3.04. The van der Waals surface area contributed by atoms with Crippen LogP contribution in [0.25, 0.3) is 10.8 Å². The van der Waals surface area contributed by atoms with E-state index in [4.69, 9.17) is 9.52 Å². The van der Waals surface area contributed by atoms with Crippen molar-refractivity contribution >= 4 is 11.3 Å². The molecule has 0 aliphatic rings. The number of thiophene rings is 1. The minimum atomic E-state index is 0.225. The van der Waals surface area contributed by atoms with E-state index in [-0.39, 0.29) is 6.61 Å². The van der Waals surface area contributed by atoms with E-state index < -0.39 is 0 Å². The predicted octanol–water partition coefficient (Wildman–Crippen LogP) is 3.00. The molecule has 0 saturated heterocycles. The summed E-state index contributed by atoms with van der Waals surface area (Å²) in [5, 5.41) is 10.9. The summed E-state index contributed by atoms with van der Waals surface area (Å²) >= 11 is 1.63. The maximum absolute atomic E-state index is 8.93. The molecule has 0 aromatic carbocycles. The second-order valence-electron chi connectivity index (χ2n) is 4.76. The second-order valence-corrected chi connectivity index (χ2v) is 5.71. The lowest BCUT2D eigenvalue weighted by Gasteiger charge is -2.24. The molecule has 0 aliphatic heterocycles. The number of hydrogen-bond acceptors (Lipinski definition) is 5. The first-order valence-corrected chi connectivity index (χ1v) is 7.42. The molecule has 0 aliphatic carbocycles. The van der Waals surface area contributed by atoms with E-state index in [0.717, 1.165) is 30.1 Å². The van der Waals surface area contributed by atoms with Gasteiger partial charge in [-0.05, 0) is 31.7 Å². The normalized spacial score (nSPS) is 11.6. The molecule has 104 valence electrons. The Labute approximate surface area is 117 Å². The molecule has 2 heterocycles. The zero-order valence-corrected chi connectivity index (χ0v) is 12.2. The molecule has 0 bridgehead atoms.